The second-order valence-corrected chi connectivity index (χ2v) is 4.55. The summed E-state index contributed by atoms with van der Waals surface area (Å²) in [6.07, 6.45) is -4.28. The molecular formula is C11H6ClF3S. The van der Waals surface area contributed by atoms with E-state index in [9.17, 15) is 13.2 Å². The van der Waals surface area contributed by atoms with Crippen molar-refractivity contribution in [3.63, 3.8) is 0 Å². The number of halogens is 4. The maximum Gasteiger partial charge on any atom is 0.417 e. The van der Waals surface area contributed by atoms with E-state index >= 15 is 0 Å². The summed E-state index contributed by atoms with van der Waals surface area (Å²) in [5, 5.41) is 1.68. The predicted molar refractivity (Wildman–Crippen MR) is 59.8 cm³/mol. The zero-order valence-electron chi connectivity index (χ0n) is 7.88. The van der Waals surface area contributed by atoms with Crippen LogP contribution < -0.4 is 0 Å². The van der Waals surface area contributed by atoms with Gasteiger partial charge in [-0.05, 0) is 23.8 Å². The Morgan fingerprint density at radius 2 is 1.69 bits per heavy atom. The molecule has 1 aromatic carbocycles. The number of hydrogen-bond acceptors (Lipinski definition) is 1. The quantitative estimate of drug-likeness (QED) is 0.672. The summed E-state index contributed by atoms with van der Waals surface area (Å²) in [5.41, 5.74) is 0.132. The number of thiophene rings is 1. The van der Waals surface area contributed by atoms with Gasteiger partial charge < -0.3 is 0 Å². The molecule has 0 aliphatic carbocycles. The highest BCUT2D eigenvalue weighted by Gasteiger charge is 2.31. The second-order valence-electron chi connectivity index (χ2n) is 3.20. The van der Waals surface area contributed by atoms with Gasteiger partial charge >= 0.3 is 6.18 Å². The van der Waals surface area contributed by atoms with Crippen molar-refractivity contribution in [3.05, 3.63) is 46.3 Å². The van der Waals surface area contributed by atoms with Crippen molar-refractivity contribution in [3.8, 4) is 10.4 Å². The molecule has 0 N–H and O–H groups in total. The number of benzene rings is 1. The summed E-state index contributed by atoms with van der Waals surface area (Å²) < 4.78 is 37.1. The molecule has 0 bridgehead atoms. The summed E-state index contributed by atoms with van der Waals surface area (Å²) in [6.45, 7) is 0. The zero-order valence-corrected chi connectivity index (χ0v) is 9.46. The molecule has 2 aromatic rings. The van der Waals surface area contributed by atoms with Crippen molar-refractivity contribution >= 4 is 22.9 Å². The van der Waals surface area contributed by atoms with Gasteiger partial charge in [-0.3, -0.25) is 0 Å². The lowest BCUT2D eigenvalue weighted by molar-refractivity contribution is -0.137. The van der Waals surface area contributed by atoms with Crippen LogP contribution in [0.1, 0.15) is 5.56 Å². The molecule has 0 radical (unpaired) electrons. The van der Waals surface area contributed by atoms with Crippen LogP contribution in [0.4, 0.5) is 13.2 Å². The van der Waals surface area contributed by atoms with Crippen LogP contribution in [0.15, 0.2) is 35.7 Å². The van der Waals surface area contributed by atoms with Crippen LogP contribution in [0.3, 0.4) is 0 Å². The third-order valence-electron chi connectivity index (χ3n) is 2.06. The number of alkyl halides is 3. The first-order chi connectivity index (χ1) is 7.47. The van der Waals surface area contributed by atoms with Crippen LogP contribution >= 0.6 is 22.9 Å². The average molecular weight is 263 g/mol. The Labute approximate surface area is 99.3 Å². The van der Waals surface area contributed by atoms with Crippen LogP contribution in [-0.4, -0.2) is 0 Å². The van der Waals surface area contributed by atoms with Crippen LogP contribution in [0.5, 0.6) is 0 Å². The summed E-state index contributed by atoms with van der Waals surface area (Å²) in [5.74, 6) is 0. The molecule has 0 unspecified atom stereocenters. The predicted octanol–water partition coefficient (Wildman–Crippen LogP) is 5.09. The van der Waals surface area contributed by atoms with Crippen molar-refractivity contribution in [2.75, 3.05) is 0 Å². The average Bonchev–Trinajstić information content (AvgIpc) is 2.67. The van der Waals surface area contributed by atoms with E-state index in [0.29, 0.717) is 9.90 Å². The van der Waals surface area contributed by atoms with Gasteiger partial charge in [-0.15, -0.1) is 11.3 Å². The fourth-order valence-corrected chi connectivity index (χ4v) is 2.30. The van der Waals surface area contributed by atoms with Crippen LogP contribution in [0.2, 0.25) is 5.02 Å². The van der Waals surface area contributed by atoms with Gasteiger partial charge in [0.1, 0.15) is 0 Å². The standard InChI is InChI=1S/C11H6ClF3S/c12-9-3-1-7(2-4-9)10-5-8(6-16-10)11(13,14)15/h1-6H. The van der Waals surface area contributed by atoms with E-state index in [1.54, 1.807) is 24.3 Å². The molecule has 0 atom stereocenters. The Balaban J connectivity index is 2.35. The molecule has 0 aliphatic rings. The van der Waals surface area contributed by atoms with Gasteiger partial charge in [0.15, 0.2) is 0 Å². The molecule has 0 saturated heterocycles. The maximum absolute atomic E-state index is 12.4. The van der Waals surface area contributed by atoms with Crippen molar-refractivity contribution in [1.82, 2.24) is 0 Å². The fourth-order valence-electron chi connectivity index (χ4n) is 1.25. The van der Waals surface area contributed by atoms with Gasteiger partial charge in [0.25, 0.3) is 0 Å². The van der Waals surface area contributed by atoms with Crippen molar-refractivity contribution in [1.29, 1.82) is 0 Å². The van der Waals surface area contributed by atoms with Gasteiger partial charge in [0, 0.05) is 15.3 Å². The Kier molecular flexibility index (Phi) is 2.95. The highest BCUT2D eigenvalue weighted by molar-refractivity contribution is 7.13. The lowest BCUT2D eigenvalue weighted by Gasteiger charge is -2.01. The second kappa shape index (κ2) is 4.11. The van der Waals surface area contributed by atoms with Gasteiger partial charge in [0.2, 0.25) is 0 Å². The lowest BCUT2D eigenvalue weighted by Crippen LogP contribution is -2.01. The van der Waals surface area contributed by atoms with E-state index in [2.05, 4.69) is 0 Å². The number of rotatable bonds is 1. The molecule has 84 valence electrons. The van der Waals surface area contributed by atoms with Crippen molar-refractivity contribution < 1.29 is 13.2 Å². The van der Waals surface area contributed by atoms with Crippen LogP contribution in [0, 0.1) is 0 Å². The molecule has 16 heavy (non-hydrogen) atoms. The normalized spacial score (nSPS) is 11.8. The fraction of sp³-hybridized carbons (Fsp3) is 0.0909. The summed E-state index contributed by atoms with van der Waals surface area (Å²) in [6, 6.07) is 7.87. The van der Waals surface area contributed by atoms with E-state index in [0.717, 1.165) is 28.3 Å². The van der Waals surface area contributed by atoms with Gasteiger partial charge in [0.05, 0.1) is 5.56 Å². The van der Waals surface area contributed by atoms with E-state index in [-0.39, 0.29) is 0 Å². The summed E-state index contributed by atoms with van der Waals surface area (Å²) in [4.78, 5) is 0.587. The molecular weight excluding hydrogens is 257 g/mol. The van der Waals surface area contributed by atoms with Crippen molar-refractivity contribution in [2.45, 2.75) is 6.18 Å². The molecule has 0 spiro atoms. The maximum atomic E-state index is 12.4. The molecule has 1 heterocycles. The van der Waals surface area contributed by atoms with Gasteiger partial charge in [-0.1, -0.05) is 23.7 Å². The van der Waals surface area contributed by atoms with E-state index in [4.69, 9.17) is 11.6 Å². The lowest BCUT2D eigenvalue weighted by atomic mass is 10.2. The molecule has 0 aliphatic heterocycles. The van der Waals surface area contributed by atoms with E-state index in [1.165, 1.54) is 0 Å². The highest BCUT2D eigenvalue weighted by atomic mass is 35.5. The topological polar surface area (TPSA) is 0 Å². The molecule has 1 aromatic heterocycles. The monoisotopic (exact) mass is 262 g/mol. The molecule has 0 nitrogen and oxygen atoms in total. The first kappa shape index (κ1) is 11.5. The largest absolute Gasteiger partial charge is 0.417 e. The number of hydrogen-bond donors (Lipinski definition) is 0. The molecule has 0 saturated carbocycles. The molecule has 0 amide bonds. The SMILES string of the molecule is FC(F)(F)c1csc(-c2ccc(Cl)cc2)c1. The third-order valence-corrected chi connectivity index (χ3v) is 3.29. The summed E-state index contributed by atoms with van der Waals surface area (Å²) >= 11 is 6.77. The van der Waals surface area contributed by atoms with Crippen LogP contribution in [-0.2, 0) is 6.18 Å². The van der Waals surface area contributed by atoms with Crippen LogP contribution in [0.25, 0.3) is 10.4 Å². The highest BCUT2D eigenvalue weighted by Crippen LogP contribution is 2.36. The first-order valence-corrected chi connectivity index (χ1v) is 5.64. The Morgan fingerprint density at radius 1 is 1.06 bits per heavy atom. The van der Waals surface area contributed by atoms with Gasteiger partial charge in [-0.25, -0.2) is 0 Å². The zero-order chi connectivity index (χ0) is 11.8. The summed E-state index contributed by atoms with van der Waals surface area (Å²) in [7, 11) is 0. The Bertz CT molecular complexity index is 485. The third kappa shape index (κ3) is 2.39. The molecule has 5 heteroatoms. The first-order valence-electron chi connectivity index (χ1n) is 4.38. The minimum Gasteiger partial charge on any atom is -0.166 e. The Hall–Kier alpha value is -1.00. The van der Waals surface area contributed by atoms with Gasteiger partial charge in [-0.2, -0.15) is 13.2 Å². The molecule has 2 rings (SSSR count). The smallest absolute Gasteiger partial charge is 0.166 e. The minimum absolute atomic E-state index is 0.566. The van der Waals surface area contributed by atoms with E-state index in [1.807, 2.05) is 0 Å². The van der Waals surface area contributed by atoms with Crippen molar-refractivity contribution in [2.24, 2.45) is 0 Å². The minimum atomic E-state index is -4.28. The molecule has 0 fully saturated rings. The van der Waals surface area contributed by atoms with E-state index < -0.39 is 11.7 Å². The Morgan fingerprint density at radius 3 is 2.19 bits per heavy atom.